The first-order valence-corrected chi connectivity index (χ1v) is 8.12. The minimum absolute atomic E-state index is 0.0653. The van der Waals surface area contributed by atoms with Gasteiger partial charge >= 0.3 is 0 Å². The topological polar surface area (TPSA) is 57.5 Å². The van der Waals surface area contributed by atoms with E-state index in [1.54, 1.807) is 6.08 Å². The third-order valence-corrected chi connectivity index (χ3v) is 5.71. The Labute approximate surface area is 137 Å². The van der Waals surface area contributed by atoms with E-state index < -0.39 is 0 Å². The summed E-state index contributed by atoms with van der Waals surface area (Å²) >= 11 is 0. The molecule has 0 heterocycles. The summed E-state index contributed by atoms with van der Waals surface area (Å²) in [6.07, 6.45) is 6.26. The lowest BCUT2D eigenvalue weighted by atomic mass is 9.54. The molecule has 0 fully saturated rings. The third kappa shape index (κ3) is 2.06. The maximum Gasteiger partial charge on any atom is 0.166 e. The van der Waals surface area contributed by atoms with Crippen LogP contribution in [0.4, 0.5) is 0 Å². The van der Waals surface area contributed by atoms with Crippen LogP contribution < -0.4 is 0 Å². The van der Waals surface area contributed by atoms with E-state index in [9.17, 15) is 15.0 Å². The normalized spacial score (nSPS) is 25.1. The highest BCUT2D eigenvalue weighted by Crippen LogP contribution is 2.59. The minimum atomic E-state index is -0.350. The van der Waals surface area contributed by atoms with Crippen molar-refractivity contribution >= 4 is 17.4 Å². The van der Waals surface area contributed by atoms with Gasteiger partial charge in [-0.3, -0.25) is 4.79 Å². The zero-order chi connectivity index (χ0) is 17.2. The van der Waals surface area contributed by atoms with E-state index in [1.165, 1.54) is 0 Å². The second kappa shape index (κ2) is 4.73. The molecule has 0 aromatic heterocycles. The average molecular weight is 312 g/mol. The number of carbonyl (C=O) groups excluding carboxylic acids is 1. The van der Waals surface area contributed by atoms with Gasteiger partial charge in [-0.15, -0.1) is 0 Å². The molecule has 0 spiro atoms. The lowest BCUT2D eigenvalue weighted by Gasteiger charge is -2.48. The smallest absolute Gasteiger partial charge is 0.166 e. The van der Waals surface area contributed by atoms with Gasteiger partial charge in [0.25, 0.3) is 0 Å². The second-order valence-electron chi connectivity index (χ2n) is 7.90. The highest BCUT2D eigenvalue weighted by atomic mass is 16.3. The zero-order valence-corrected chi connectivity index (χ0v) is 14.4. The molecule has 1 atom stereocenters. The Kier molecular flexibility index (Phi) is 3.26. The quantitative estimate of drug-likeness (QED) is 0.743. The van der Waals surface area contributed by atoms with Gasteiger partial charge in [-0.05, 0) is 34.6 Å². The third-order valence-electron chi connectivity index (χ3n) is 5.71. The average Bonchev–Trinajstić information content (AvgIpc) is 2.43. The van der Waals surface area contributed by atoms with Gasteiger partial charge in [-0.25, -0.2) is 0 Å². The minimum Gasteiger partial charge on any atom is -0.504 e. The van der Waals surface area contributed by atoms with E-state index >= 15 is 0 Å². The van der Waals surface area contributed by atoms with E-state index in [-0.39, 0.29) is 34.0 Å². The first kappa shape index (κ1) is 15.9. The van der Waals surface area contributed by atoms with Crippen molar-refractivity contribution in [2.45, 2.75) is 47.0 Å². The predicted molar refractivity (Wildman–Crippen MR) is 92.4 cm³/mol. The Bertz CT molecular complexity index is 766. The van der Waals surface area contributed by atoms with Gasteiger partial charge < -0.3 is 10.2 Å². The summed E-state index contributed by atoms with van der Waals surface area (Å²) in [5.41, 5.74) is 2.38. The SMILES string of the molecule is CC(C)c1cc2c(c(O)c1O)C1=CC(=O)CC(C)(C)[C@@]1(C)C=C2. The Morgan fingerprint density at radius 3 is 2.39 bits per heavy atom. The highest BCUT2D eigenvalue weighted by Gasteiger charge is 2.49. The van der Waals surface area contributed by atoms with Crippen LogP contribution in [0.5, 0.6) is 11.5 Å². The first-order valence-electron chi connectivity index (χ1n) is 8.12. The maximum atomic E-state index is 12.2. The molecule has 0 saturated heterocycles. The molecule has 0 radical (unpaired) electrons. The number of aromatic hydroxyl groups is 2. The monoisotopic (exact) mass is 312 g/mol. The van der Waals surface area contributed by atoms with E-state index in [0.717, 1.165) is 16.7 Å². The van der Waals surface area contributed by atoms with Gasteiger partial charge in [0.15, 0.2) is 17.3 Å². The molecule has 0 aliphatic heterocycles. The van der Waals surface area contributed by atoms with E-state index in [4.69, 9.17) is 0 Å². The molecule has 3 nitrogen and oxygen atoms in total. The molecule has 122 valence electrons. The fraction of sp³-hybridized carbons (Fsp3) is 0.450. The van der Waals surface area contributed by atoms with Crippen LogP contribution in [0.15, 0.2) is 18.2 Å². The number of hydrogen-bond donors (Lipinski definition) is 2. The lowest BCUT2D eigenvalue weighted by molar-refractivity contribution is -0.118. The molecule has 2 N–H and O–H groups in total. The lowest BCUT2D eigenvalue weighted by Crippen LogP contribution is -2.40. The number of hydrogen-bond acceptors (Lipinski definition) is 3. The van der Waals surface area contributed by atoms with Crippen molar-refractivity contribution < 1.29 is 15.0 Å². The van der Waals surface area contributed by atoms with Crippen molar-refractivity contribution in [3.63, 3.8) is 0 Å². The zero-order valence-electron chi connectivity index (χ0n) is 14.4. The number of phenols is 2. The molecule has 0 unspecified atom stereocenters. The summed E-state index contributed by atoms with van der Waals surface area (Å²) in [4.78, 5) is 12.2. The summed E-state index contributed by atoms with van der Waals surface area (Å²) in [7, 11) is 0. The van der Waals surface area contributed by atoms with E-state index in [2.05, 4.69) is 26.8 Å². The van der Waals surface area contributed by atoms with Crippen LogP contribution in [0.1, 0.15) is 63.6 Å². The Balaban J connectivity index is 2.34. The number of allylic oxidation sites excluding steroid dienone is 3. The molecule has 0 bridgehead atoms. The van der Waals surface area contributed by atoms with Crippen LogP contribution in [0, 0.1) is 10.8 Å². The van der Waals surface area contributed by atoms with Crippen LogP contribution in [0.2, 0.25) is 0 Å². The Hall–Kier alpha value is -2.03. The summed E-state index contributed by atoms with van der Waals surface area (Å²) in [6.45, 7) is 10.2. The number of benzene rings is 1. The first-order chi connectivity index (χ1) is 10.6. The van der Waals surface area contributed by atoms with Crippen molar-refractivity contribution in [1.82, 2.24) is 0 Å². The number of fused-ring (bicyclic) bond motifs is 3. The van der Waals surface area contributed by atoms with Gasteiger partial charge in [0.2, 0.25) is 0 Å². The Morgan fingerprint density at radius 2 is 1.78 bits per heavy atom. The fourth-order valence-electron chi connectivity index (χ4n) is 3.80. The molecule has 23 heavy (non-hydrogen) atoms. The molecule has 1 aromatic carbocycles. The molecule has 3 heteroatoms. The van der Waals surface area contributed by atoms with Gasteiger partial charge in [-0.2, -0.15) is 0 Å². The van der Waals surface area contributed by atoms with Crippen molar-refractivity contribution in [3.05, 3.63) is 34.9 Å². The van der Waals surface area contributed by atoms with E-state index in [1.807, 2.05) is 26.0 Å². The van der Waals surface area contributed by atoms with E-state index in [0.29, 0.717) is 12.0 Å². The Morgan fingerprint density at radius 1 is 1.13 bits per heavy atom. The maximum absolute atomic E-state index is 12.2. The molecule has 0 amide bonds. The predicted octanol–water partition coefficient (Wildman–Crippen LogP) is 4.64. The standard InChI is InChI=1S/C20H24O3/c1-11(2)14-8-12-6-7-20(5)15(16(12)18(23)17(14)22)9-13(21)10-19(20,3)4/h6-9,11,22-23H,10H2,1-5H3/t20-/m0/s1. The molecule has 3 rings (SSSR count). The molecule has 2 aliphatic rings. The van der Waals surface area contributed by atoms with Crippen LogP contribution in [0.3, 0.4) is 0 Å². The highest BCUT2D eigenvalue weighted by molar-refractivity contribution is 6.04. The van der Waals surface area contributed by atoms with Crippen molar-refractivity contribution in [1.29, 1.82) is 0 Å². The van der Waals surface area contributed by atoms with Crippen molar-refractivity contribution in [2.24, 2.45) is 10.8 Å². The molecular formula is C20H24O3. The number of carbonyl (C=O) groups is 1. The van der Waals surface area contributed by atoms with Crippen LogP contribution in [-0.4, -0.2) is 16.0 Å². The molecule has 2 aliphatic carbocycles. The fourth-order valence-corrected chi connectivity index (χ4v) is 3.80. The van der Waals surface area contributed by atoms with Crippen molar-refractivity contribution in [2.75, 3.05) is 0 Å². The van der Waals surface area contributed by atoms with Gasteiger partial charge in [0.05, 0.1) is 0 Å². The van der Waals surface area contributed by atoms with Gasteiger partial charge in [0.1, 0.15) is 0 Å². The largest absolute Gasteiger partial charge is 0.504 e. The van der Waals surface area contributed by atoms with Gasteiger partial charge in [0, 0.05) is 23.0 Å². The number of ketones is 1. The summed E-state index contributed by atoms with van der Waals surface area (Å²) < 4.78 is 0. The number of rotatable bonds is 1. The van der Waals surface area contributed by atoms with Crippen LogP contribution >= 0.6 is 0 Å². The van der Waals surface area contributed by atoms with Crippen LogP contribution in [0.25, 0.3) is 11.6 Å². The molecule has 0 saturated carbocycles. The summed E-state index contributed by atoms with van der Waals surface area (Å²) in [6, 6.07) is 1.91. The summed E-state index contributed by atoms with van der Waals surface area (Å²) in [5.74, 6) is -0.0199. The number of phenolic OH excluding ortho intramolecular Hbond substituents is 2. The van der Waals surface area contributed by atoms with Crippen molar-refractivity contribution in [3.8, 4) is 11.5 Å². The second-order valence-corrected chi connectivity index (χ2v) is 7.90. The van der Waals surface area contributed by atoms with Gasteiger partial charge in [-0.1, -0.05) is 46.8 Å². The van der Waals surface area contributed by atoms with Crippen LogP contribution in [-0.2, 0) is 4.79 Å². The summed E-state index contributed by atoms with van der Waals surface area (Å²) in [5, 5.41) is 21.1. The molecule has 1 aromatic rings. The molecular weight excluding hydrogens is 288 g/mol.